The first-order valence-corrected chi connectivity index (χ1v) is 3.83. The van der Waals surface area contributed by atoms with Crippen LogP contribution in [-0.4, -0.2) is 14.9 Å². The Morgan fingerprint density at radius 3 is 2.31 bits per heavy atom. The van der Waals surface area contributed by atoms with Gasteiger partial charge in [0.1, 0.15) is 12.7 Å². The second-order valence-electron chi connectivity index (χ2n) is 2.52. The quantitative estimate of drug-likeness (QED) is 0.531. The third-order valence-corrected chi connectivity index (χ3v) is 1.68. The number of nitrogens with zero attached hydrogens (tertiary/aromatic N) is 4. The molecule has 5 nitrogen and oxygen atoms in total. The maximum Gasteiger partial charge on any atom is 0.140 e. The van der Waals surface area contributed by atoms with Gasteiger partial charge in [0.25, 0.3) is 0 Å². The van der Waals surface area contributed by atoms with Gasteiger partial charge in [-0.3, -0.25) is 0 Å². The number of hydrazine groups is 1. The van der Waals surface area contributed by atoms with Crippen molar-refractivity contribution in [3.05, 3.63) is 43.0 Å². The number of hydrogen-bond donors (Lipinski definition) is 1. The third kappa shape index (κ3) is 1.50. The monoisotopic (exact) mass is 175 g/mol. The molecule has 0 saturated carbocycles. The topological polar surface area (TPSA) is 60.0 Å². The third-order valence-electron chi connectivity index (χ3n) is 1.68. The summed E-state index contributed by atoms with van der Waals surface area (Å²) in [5.74, 6) is 5.78. The van der Waals surface area contributed by atoms with Gasteiger partial charge in [-0.25, -0.2) is 15.6 Å². The molecule has 2 aromatic rings. The van der Waals surface area contributed by atoms with Crippen LogP contribution in [0.25, 0.3) is 0 Å². The van der Waals surface area contributed by atoms with Gasteiger partial charge in [0, 0.05) is 0 Å². The summed E-state index contributed by atoms with van der Waals surface area (Å²) in [6, 6.07) is 9.57. The highest BCUT2D eigenvalue weighted by Gasteiger charge is 2.00. The highest BCUT2D eigenvalue weighted by Crippen LogP contribution is 2.09. The zero-order valence-corrected chi connectivity index (χ0v) is 6.91. The van der Waals surface area contributed by atoms with Gasteiger partial charge in [0.15, 0.2) is 0 Å². The molecule has 0 aliphatic carbocycles. The van der Waals surface area contributed by atoms with Crippen LogP contribution in [0.5, 0.6) is 0 Å². The van der Waals surface area contributed by atoms with Crippen molar-refractivity contribution in [3.63, 3.8) is 0 Å². The number of hydrogen-bond acceptors (Lipinski definition) is 4. The Balaban J connectivity index is 2.29. The summed E-state index contributed by atoms with van der Waals surface area (Å²) in [7, 11) is 0. The van der Waals surface area contributed by atoms with E-state index in [0.29, 0.717) is 0 Å². The number of anilines is 1. The van der Waals surface area contributed by atoms with Crippen molar-refractivity contribution in [1.82, 2.24) is 14.9 Å². The van der Waals surface area contributed by atoms with Crippen molar-refractivity contribution >= 4 is 5.69 Å². The molecule has 0 aliphatic rings. The van der Waals surface area contributed by atoms with Gasteiger partial charge in [0.05, 0.1) is 5.69 Å². The van der Waals surface area contributed by atoms with Crippen molar-refractivity contribution < 1.29 is 0 Å². The lowest BCUT2D eigenvalue weighted by Gasteiger charge is -2.17. The van der Waals surface area contributed by atoms with E-state index in [9.17, 15) is 0 Å². The van der Waals surface area contributed by atoms with E-state index in [1.807, 2.05) is 30.3 Å². The van der Waals surface area contributed by atoms with Gasteiger partial charge in [0.2, 0.25) is 0 Å². The molecule has 0 fully saturated rings. The van der Waals surface area contributed by atoms with Crippen LogP contribution in [0.2, 0.25) is 0 Å². The molecule has 13 heavy (non-hydrogen) atoms. The minimum atomic E-state index is 0.877. The highest BCUT2D eigenvalue weighted by molar-refractivity contribution is 5.43. The second kappa shape index (κ2) is 3.24. The van der Waals surface area contributed by atoms with E-state index < -0.39 is 0 Å². The van der Waals surface area contributed by atoms with Crippen molar-refractivity contribution in [2.45, 2.75) is 0 Å². The Morgan fingerprint density at radius 1 is 1.08 bits per heavy atom. The number of para-hydroxylation sites is 1. The molecule has 1 aromatic heterocycles. The van der Waals surface area contributed by atoms with Crippen LogP contribution < -0.4 is 11.0 Å². The van der Waals surface area contributed by atoms with Gasteiger partial charge in [-0.1, -0.05) is 18.2 Å². The molecule has 2 rings (SSSR count). The van der Waals surface area contributed by atoms with Crippen molar-refractivity contribution in [3.8, 4) is 0 Å². The largest absolute Gasteiger partial charge is 0.228 e. The normalized spacial score (nSPS) is 9.92. The molecule has 5 heteroatoms. The number of benzene rings is 1. The minimum absolute atomic E-state index is 0.877. The maximum atomic E-state index is 5.78. The van der Waals surface area contributed by atoms with E-state index in [0.717, 1.165) is 5.69 Å². The second-order valence-corrected chi connectivity index (χ2v) is 2.52. The van der Waals surface area contributed by atoms with E-state index in [2.05, 4.69) is 10.2 Å². The summed E-state index contributed by atoms with van der Waals surface area (Å²) in [4.78, 5) is 0. The summed E-state index contributed by atoms with van der Waals surface area (Å²) < 4.78 is 1.59. The predicted octanol–water partition coefficient (Wildman–Crippen LogP) is 0.422. The van der Waals surface area contributed by atoms with E-state index >= 15 is 0 Å². The number of rotatable bonds is 2. The van der Waals surface area contributed by atoms with E-state index in [4.69, 9.17) is 5.84 Å². The standard InChI is InChI=1S/C8H9N5/c9-13(12-6-10-11-7-12)8-4-2-1-3-5-8/h1-7H,9H2. The van der Waals surface area contributed by atoms with E-state index in [1.165, 1.54) is 17.8 Å². The summed E-state index contributed by atoms with van der Waals surface area (Å²) >= 11 is 0. The Kier molecular flexibility index (Phi) is 1.93. The summed E-state index contributed by atoms with van der Waals surface area (Å²) in [6.45, 7) is 0. The Labute approximate surface area is 75.4 Å². The van der Waals surface area contributed by atoms with Crippen LogP contribution in [0.4, 0.5) is 5.69 Å². The fourth-order valence-electron chi connectivity index (χ4n) is 1.02. The van der Waals surface area contributed by atoms with Gasteiger partial charge in [-0.2, -0.15) is 0 Å². The van der Waals surface area contributed by atoms with Crippen LogP contribution in [0.3, 0.4) is 0 Å². The molecule has 1 aromatic carbocycles. The lowest BCUT2D eigenvalue weighted by Crippen LogP contribution is -2.35. The molecule has 0 amide bonds. The fraction of sp³-hybridized carbons (Fsp3) is 0. The SMILES string of the molecule is NN(c1ccccc1)n1cnnc1. The zero-order valence-electron chi connectivity index (χ0n) is 6.91. The van der Waals surface area contributed by atoms with Gasteiger partial charge >= 0.3 is 0 Å². The lowest BCUT2D eigenvalue weighted by atomic mass is 10.3. The van der Waals surface area contributed by atoms with Crippen LogP contribution in [0.1, 0.15) is 0 Å². The molecule has 0 bridgehead atoms. The summed E-state index contributed by atoms with van der Waals surface area (Å²) in [5.41, 5.74) is 0.877. The fourth-order valence-corrected chi connectivity index (χ4v) is 1.02. The first kappa shape index (κ1) is 7.75. The maximum absolute atomic E-state index is 5.78. The van der Waals surface area contributed by atoms with Crippen LogP contribution in [0, 0.1) is 0 Å². The summed E-state index contributed by atoms with van der Waals surface area (Å²) in [5, 5.41) is 8.78. The van der Waals surface area contributed by atoms with Gasteiger partial charge < -0.3 is 0 Å². The predicted molar refractivity (Wildman–Crippen MR) is 48.5 cm³/mol. The molecule has 0 atom stereocenters. The van der Waals surface area contributed by atoms with Crippen LogP contribution >= 0.6 is 0 Å². The molecule has 66 valence electrons. The molecule has 1 heterocycles. The average molecular weight is 175 g/mol. The van der Waals surface area contributed by atoms with Crippen molar-refractivity contribution in [2.24, 2.45) is 5.84 Å². The molecule has 0 radical (unpaired) electrons. The molecular formula is C8H9N5. The van der Waals surface area contributed by atoms with Gasteiger partial charge in [-0.05, 0) is 12.1 Å². The Hall–Kier alpha value is -1.88. The average Bonchev–Trinajstić information content (AvgIpc) is 2.71. The first-order chi connectivity index (χ1) is 6.38. The first-order valence-electron chi connectivity index (χ1n) is 3.83. The van der Waals surface area contributed by atoms with Crippen LogP contribution in [0.15, 0.2) is 43.0 Å². The molecule has 0 saturated heterocycles. The lowest BCUT2D eigenvalue weighted by molar-refractivity contribution is 0.719. The van der Waals surface area contributed by atoms with E-state index in [-0.39, 0.29) is 0 Å². The number of nitrogens with two attached hydrogens (primary N) is 1. The molecule has 0 aliphatic heterocycles. The summed E-state index contributed by atoms with van der Waals surface area (Å²) in [6.07, 6.45) is 3.07. The van der Waals surface area contributed by atoms with Crippen LogP contribution in [-0.2, 0) is 0 Å². The molecule has 0 unspecified atom stereocenters. The molecule has 0 spiro atoms. The Morgan fingerprint density at radius 2 is 1.69 bits per heavy atom. The molecule has 2 N–H and O–H groups in total. The zero-order chi connectivity index (χ0) is 9.10. The van der Waals surface area contributed by atoms with E-state index in [1.54, 1.807) is 4.68 Å². The van der Waals surface area contributed by atoms with Crippen molar-refractivity contribution in [1.29, 1.82) is 0 Å². The smallest absolute Gasteiger partial charge is 0.140 e. The highest BCUT2D eigenvalue weighted by atomic mass is 15.7. The minimum Gasteiger partial charge on any atom is -0.228 e. The number of aromatic nitrogens is 3. The Bertz CT molecular complexity index is 355. The molecular weight excluding hydrogens is 166 g/mol. The van der Waals surface area contributed by atoms with Crippen molar-refractivity contribution in [2.75, 3.05) is 5.12 Å². The van der Waals surface area contributed by atoms with Gasteiger partial charge in [-0.15, -0.1) is 10.2 Å².